The number of rotatable bonds is 8. The van der Waals surface area contributed by atoms with Crippen LogP contribution in [0.4, 0.5) is 10.5 Å². The van der Waals surface area contributed by atoms with Gasteiger partial charge in [0.25, 0.3) is 15.9 Å². The molecule has 2 N–H and O–H groups in total. The van der Waals surface area contributed by atoms with Crippen LogP contribution in [0.5, 0.6) is 0 Å². The average molecular weight is 448 g/mol. The number of para-hydroxylation sites is 1. The second-order valence-electron chi connectivity index (χ2n) is 6.43. The topological polar surface area (TPSA) is 122 Å². The number of hydrogen-bond donors (Lipinski definition) is 2. The SMILES string of the molecule is CCNC(=O)NC(=O)[C@@H](C)OC(=O)c1ccc(S(=O)(=O)N(CC)c2ccccc2)cc1. The molecule has 0 aromatic heterocycles. The van der Waals surface area contributed by atoms with E-state index in [4.69, 9.17) is 4.74 Å². The third kappa shape index (κ3) is 6.05. The zero-order chi connectivity index (χ0) is 23.0. The monoisotopic (exact) mass is 447 g/mol. The molecule has 2 aromatic carbocycles. The molecule has 166 valence electrons. The minimum Gasteiger partial charge on any atom is -0.449 e. The molecule has 0 saturated heterocycles. The molecule has 0 radical (unpaired) electrons. The van der Waals surface area contributed by atoms with E-state index < -0.39 is 34.0 Å². The number of nitrogens with zero attached hydrogens (tertiary/aromatic N) is 1. The van der Waals surface area contributed by atoms with Gasteiger partial charge in [0.2, 0.25) is 0 Å². The summed E-state index contributed by atoms with van der Waals surface area (Å²) in [5.74, 6) is -1.60. The number of anilines is 1. The molecule has 0 bridgehead atoms. The fourth-order valence-electron chi connectivity index (χ4n) is 2.68. The number of esters is 1. The molecule has 1 atom stereocenters. The molecule has 31 heavy (non-hydrogen) atoms. The van der Waals surface area contributed by atoms with Crippen molar-refractivity contribution in [1.82, 2.24) is 10.6 Å². The summed E-state index contributed by atoms with van der Waals surface area (Å²) in [4.78, 5) is 35.6. The third-order valence-electron chi connectivity index (χ3n) is 4.24. The normalized spacial score (nSPS) is 11.8. The summed E-state index contributed by atoms with van der Waals surface area (Å²) in [7, 11) is -3.83. The summed E-state index contributed by atoms with van der Waals surface area (Å²) in [6.45, 7) is 5.31. The minimum absolute atomic E-state index is 0.0109. The molecule has 0 unspecified atom stereocenters. The van der Waals surface area contributed by atoms with Crippen LogP contribution in [0.15, 0.2) is 59.5 Å². The molecular formula is C21H25N3O6S. The van der Waals surface area contributed by atoms with E-state index in [9.17, 15) is 22.8 Å². The highest BCUT2D eigenvalue weighted by Gasteiger charge is 2.25. The molecule has 0 fully saturated rings. The largest absolute Gasteiger partial charge is 0.449 e. The van der Waals surface area contributed by atoms with E-state index in [1.807, 2.05) is 5.32 Å². The number of benzene rings is 2. The predicted molar refractivity (Wildman–Crippen MR) is 115 cm³/mol. The number of amides is 3. The van der Waals surface area contributed by atoms with Crippen molar-refractivity contribution in [2.45, 2.75) is 31.8 Å². The molecule has 10 heteroatoms. The van der Waals surface area contributed by atoms with Gasteiger partial charge in [-0.1, -0.05) is 18.2 Å². The van der Waals surface area contributed by atoms with E-state index in [0.717, 1.165) is 0 Å². The van der Waals surface area contributed by atoms with Gasteiger partial charge in [-0.3, -0.25) is 14.4 Å². The van der Waals surface area contributed by atoms with Crippen molar-refractivity contribution in [3.8, 4) is 0 Å². The van der Waals surface area contributed by atoms with Crippen LogP contribution < -0.4 is 14.9 Å². The molecule has 3 amide bonds. The Morgan fingerprint density at radius 1 is 1.00 bits per heavy atom. The second-order valence-corrected chi connectivity index (χ2v) is 8.29. The molecule has 0 aliphatic heterocycles. The first-order valence-corrected chi connectivity index (χ1v) is 11.1. The van der Waals surface area contributed by atoms with Crippen LogP contribution >= 0.6 is 0 Å². The van der Waals surface area contributed by atoms with Gasteiger partial charge >= 0.3 is 12.0 Å². The molecule has 0 aliphatic rings. The Morgan fingerprint density at radius 3 is 2.16 bits per heavy atom. The van der Waals surface area contributed by atoms with Crippen molar-refractivity contribution in [2.24, 2.45) is 0 Å². The van der Waals surface area contributed by atoms with E-state index >= 15 is 0 Å². The van der Waals surface area contributed by atoms with Gasteiger partial charge in [0.15, 0.2) is 6.10 Å². The highest BCUT2D eigenvalue weighted by Crippen LogP contribution is 2.23. The molecule has 0 heterocycles. The zero-order valence-electron chi connectivity index (χ0n) is 17.5. The number of urea groups is 1. The van der Waals surface area contributed by atoms with Gasteiger partial charge in [0, 0.05) is 13.1 Å². The number of carbonyl (C=O) groups excluding carboxylic acids is 3. The van der Waals surface area contributed by atoms with Gasteiger partial charge < -0.3 is 10.1 Å². The van der Waals surface area contributed by atoms with Crippen molar-refractivity contribution in [1.29, 1.82) is 0 Å². The lowest BCUT2D eigenvalue weighted by Gasteiger charge is -2.23. The first-order valence-electron chi connectivity index (χ1n) is 9.68. The van der Waals surface area contributed by atoms with E-state index in [1.165, 1.54) is 35.5 Å². The summed E-state index contributed by atoms with van der Waals surface area (Å²) in [5, 5.41) is 4.44. The smallest absolute Gasteiger partial charge is 0.338 e. The lowest BCUT2D eigenvalue weighted by Crippen LogP contribution is -2.44. The van der Waals surface area contributed by atoms with Crippen molar-refractivity contribution in [2.75, 3.05) is 17.4 Å². The number of imide groups is 1. The Balaban J connectivity index is 2.11. The third-order valence-corrected chi connectivity index (χ3v) is 6.15. The Morgan fingerprint density at radius 2 is 1.61 bits per heavy atom. The van der Waals surface area contributed by atoms with E-state index in [-0.39, 0.29) is 17.0 Å². The van der Waals surface area contributed by atoms with Gasteiger partial charge in [-0.05, 0) is 57.2 Å². The first kappa shape index (κ1) is 23.9. The van der Waals surface area contributed by atoms with Gasteiger partial charge in [0.05, 0.1) is 16.1 Å². The summed E-state index contributed by atoms with van der Waals surface area (Å²) >= 11 is 0. The maximum atomic E-state index is 13.0. The molecule has 9 nitrogen and oxygen atoms in total. The maximum absolute atomic E-state index is 13.0. The second kappa shape index (κ2) is 10.6. The minimum atomic E-state index is -3.83. The summed E-state index contributed by atoms with van der Waals surface area (Å²) in [6, 6.07) is 13.2. The number of nitrogens with one attached hydrogen (secondary N) is 2. The van der Waals surface area contributed by atoms with Crippen LogP contribution in [-0.4, -0.2) is 45.5 Å². The fourth-order valence-corrected chi connectivity index (χ4v) is 4.15. The maximum Gasteiger partial charge on any atom is 0.338 e. The van der Waals surface area contributed by atoms with Crippen molar-refractivity contribution < 1.29 is 27.5 Å². The highest BCUT2D eigenvalue weighted by molar-refractivity contribution is 7.92. The van der Waals surface area contributed by atoms with E-state index in [2.05, 4.69) is 5.32 Å². The summed E-state index contributed by atoms with van der Waals surface area (Å²) in [5.41, 5.74) is 0.597. The van der Waals surface area contributed by atoms with Crippen LogP contribution in [0.25, 0.3) is 0 Å². The van der Waals surface area contributed by atoms with Crippen LogP contribution in [-0.2, 0) is 19.6 Å². The standard InChI is InChI=1S/C21H25N3O6S/c1-4-22-21(27)23-19(25)15(3)30-20(26)16-11-13-18(14-12-16)31(28,29)24(5-2)17-9-7-6-8-10-17/h6-15H,4-5H2,1-3H3,(H2,22,23,25,27)/t15-/m1/s1. The van der Waals surface area contributed by atoms with E-state index in [0.29, 0.717) is 12.2 Å². The highest BCUT2D eigenvalue weighted by atomic mass is 32.2. The van der Waals surface area contributed by atoms with E-state index in [1.54, 1.807) is 44.2 Å². The Labute approximate surface area is 181 Å². The molecule has 0 spiro atoms. The van der Waals surface area contributed by atoms with Crippen molar-refractivity contribution in [3.63, 3.8) is 0 Å². The molecular weight excluding hydrogens is 422 g/mol. The number of ether oxygens (including phenoxy) is 1. The van der Waals surface area contributed by atoms with Crippen LogP contribution in [0, 0.1) is 0 Å². The zero-order valence-corrected chi connectivity index (χ0v) is 18.3. The number of hydrogen-bond acceptors (Lipinski definition) is 6. The molecule has 2 aromatic rings. The van der Waals surface area contributed by atoms with Crippen LogP contribution in [0.3, 0.4) is 0 Å². The number of carbonyl (C=O) groups is 3. The Bertz CT molecular complexity index is 1020. The predicted octanol–water partition coefficient (Wildman–Crippen LogP) is 2.29. The van der Waals surface area contributed by atoms with Gasteiger partial charge in [0.1, 0.15) is 0 Å². The van der Waals surface area contributed by atoms with Crippen LogP contribution in [0.1, 0.15) is 31.1 Å². The quantitative estimate of drug-likeness (QED) is 0.599. The van der Waals surface area contributed by atoms with Crippen molar-refractivity contribution >= 4 is 33.6 Å². The molecule has 2 rings (SSSR count). The van der Waals surface area contributed by atoms with Gasteiger partial charge in [-0.25, -0.2) is 18.0 Å². The first-order chi connectivity index (χ1) is 14.7. The molecule has 0 aliphatic carbocycles. The summed E-state index contributed by atoms with van der Waals surface area (Å²) in [6.07, 6.45) is -1.22. The van der Waals surface area contributed by atoms with Crippen molar-refractivity contribution in [3.05, 3.63) is 60.2 Å². The lowest BCUT2D eigenvalue weighted by molar-refractivity contribution is -0.127. The Kier molecular flexibility index (Phi) is 8.14. The summed E-state index contributed by atoms with van der Waals surface area (Å²) < 4.78 is 32.3. The van der Waals surface area contributed by atoms with Crippen LogP contribution in [0.2, 0.25) is 0 Å². The molecule has 0 saturated carbocycles. The lowest BCUT2D eigenvalue weighted by atomic mass is 10.2. The Hall–Kier alpha value is -3.40. The van der Waals surface area contributed by atoms with Gasteiger partial charge in [-0.15, -0.1) is 0 Å². The average Bonchev–Trinajstić information content (AvgIpc) is 2.75. The number of sulfonamides is 1. The fraction of sp³-hybridized carbons (Fsp3) is 0.286. The van der Waals surface area contributed by atoms with Gasteiger partial charge in [-0.2, -0.15) is 0 Å².